The van der Waals surface area contributed by atoms with Crippen molar-refractivity contribution in [1.82, 2.24) is 25.2 Å². The van der Waals surface area contributed by atoms with E-state index in [2.05, 4.69) is 25.2 Å². The van der Waals surface area contributed by atoms with Gasteiger partial charge in [-0.05, 0) is 36.3 Å². The van der Waals surface area contributed by atoms with Gasteiger partial charge in [0.05, 0.1) is 30.2 Å². The van der Waals surface area contributed by atoms with E-state index in [0.29, 0.717) is 34.7 Å². The minimum atomic E-state index is -1.10. The quantitative estimate of drug-likeness (QED) is 0.377. The average Bonchev–Trinajstić information content (AvgIpc) is 3.03. The number of hydrogen-bond donors (Lipinski definition) is 2. The summed E-state index contributed by atoms with van der Waals surface area (Å²) in [4.78, 5) is 39.8. The molecule has 3 aromatic heterocycles. The largest absolute Gasteiger partial charge is 0.476 e. The van der Waals surface area contributed by atoms with Gasteiger partial charge in [-0.1, -0.05) is 12.2 Å². The molecule has 44 heavy (non-hydrogen) atoms. The number of H-pyrrole nitrogens is 1. The van der Waals surface area contributed by atoms with Crippen molar-refractivity contribution < 1.29 is 27.8 Å². The molecule has 1 aliphatic heterocycles. The maximum atomic E-state index is 15.2. The molecule has 1 fully saturated rings. The van der Waals surface area contributed by atoms with Crippen molar-refractivity contribution >= 4 is 22.4 Å². The highest BCUT2D eigenvalue weighted by Crippen LogP contribution is 2.30. The molecule has 2 N–H and O–H groups in total. The van der Waals surface area contributed by atoms with E-state index in [1.54, 1.807) is 30.6 Å². The molecule has 1 amide bonds. The van der Waals surface area contributed by atoms with Gasteiger partial charge in [0.2, 0.25) is 11.3 Å². The summed E-state index contributed by atoms with van der Waals surface area (Å²) in [6.45, 7) is 4.43. The number of morpholine rings is 1. The number of halogens is 2. The predicted molar refractivity (Wildman–Crippen MR) is 160 cm³/mol. The van der Waals surface area contributed by atoms with Crippen LogP contribution in [0, 0.1) is 0 Å². The number of rotatable bonds is 9. The minimum Gasteiger partial charge on any atom is -0.476 e. The van der Waals surface area contributed by atoms with Crippen LogP contribution in [-0.4, -0.2) is 77.4 Å². The molecule has 0 aromatic carbocycles. The van der Waals surface area contributed by atoms with Gasteiger partial charge in [0.25, 0.3) is 5.91 Å². The molecule has 0 saturated carbocycles. The van der Waals surface area contributed by atoms with E-state index < -0.39 is 29.4 Å². The van der Waals surface area contributed by atoms with Crippen LogP contribution in [0.15, 0.2) is 83.7 Å². The van der Waals surface area contributed by atoms with E-state index in [9.17, 15) is 14.0 Å². The Labute approximate surface area is 251 Å². The minimum absolute atomic E-state index is 0.00382. The zero-order chi connectivity index (χ0) is 30.5. The van der Waals surface area contributed by atoms with Crippen LogP contribution in [0.1, 0.15) is 28.8 Å². The van der Waals surface area contributed by atoms with Crippen molar-refractivity contribution in [3.8, 4) is 11.6 Å². The van der Waals surface area contributed by atoms with Crippen LogP contribution in [0.3, 0.4) is 0 Å². The molecular weight excluding hydrogens is 572 g/mol. The molecule has 228 valence electrons. The Kier molecular flexibility index (Phi) is 8.89. The lowest BCUT2D eigenvalue weighted by atomic mass is 9.98. The molecule has 10 nitrogen and oxygen atoms in total. The van der Waals surface area contributed by atoms with Crippen molar-refractivity contribution in [2.75, 3.05) is 39.5 Å². The SMILES string of the molecule is O=C(NC1C=C(F)C(Oc2ccnc3cc(OCCN4CCOCC4)ncc23)=CC1)c1c[nH]cc(C2=CCC(F)C=C2)c1=O. The first-order chi connectivity index (χ1) is 21.4. The summed E-state index contributed by atoms with van der Waals surface area (Å²) < 4.78 is 45.7. The van der Waals surface area contributed by atoms with Crippen molar-refractivity contribution in [1.29, 1.82) is 0 Å². The molecule has 1 saturated heterocycles. The molecule has 2 unspecified atom stereocenters. The third-order valence-electron chi connectivity index (χ3n) is 7.55. The Hall–Kier alpha value is -4.68. The molecule has 3 aromatic rings. The van der Waals surface area contributed by atoms with Gasteiger partial charge >= 0.3 is 0 Å². The van der Waals surface area contributed by atoms with Crippen LogP contribution in [0.5, 0.6) is 11.6 Å². The Morgan fingerprint density at radius 2 is 2.05 bits per heavy atom. The Balaban J connectivity index is 1.08. The van der Waals surface area contributed by atoms with Crippen LogP contribution in [0.4, 0.5) is 8.78 Å². The van der Waals surface area contributed by atoms with E-state index in [0.717, 1.165) is 32.8 Å². The van der Waals surface area contributed by atoms with Gasteiger partial charge in [-0.25, -0.2) is 13.8 Å². The van der Waals surface area contributed by atoms with E-state index in [1.165, 1.54) is 36.7 Å². The van der Waals surface area contributed by atoms with Gasteiger partial charge in [0.1, 0.15) is 24.1 Å². The maximum Gasteiger partial charge on any atom is 0.257 e. The van der Waals surface area contributed by atoms with Crippen LogP contribution in [0.2, 0.25) is 0 Å². The summed E-state index contributed by atoms with van der Waals surface area (Å²) in [6, 6.07) is 2.63. The molecule has 12 heteroatoms. The topological polar surface area (TPSA) is 119 Å². The molecular formula is C32H31F2N5O5. The van der Waals surface area contributed by atoms with Crippen LogP contribution in [-0.2, 0) is 4.74 Å². The summed E-state index contributed by atoms with van der Waals surface area (Å²) in [6.07, 6.45) is 12.5. The fraction of sp³-hybridized carbons (Fsp3) is 0.312. The van der Waals surface area contributed by atoms with Crippen molar-refractivity contribution in [3.63, 3.8) is 0 Å². The van der Waals surface area contributed by atoms with Gasteiger partial charge in [0.15, 0.2) is 11.6 Å². The maximum absolute atomic E-state index is 15.2. The second-order valence-corrected chi connectivity index (χ2v) is 10.5. The van der Waals surface area contributed by atoms with Crippen LogP contribution in [0.25, 0.3) is 16.5 Å². The molecule has 6 rings (SSSR count). The van der Waals surface area contributed by atoms with Crippen molar-refractivity contribution in [2.45, 2.75) is 25.1 Å². The lowest BCUT2D eigenvalue weighted by molar-refractivity contribution is 0.0320. The standard InChI is InChI=1S/C32H31F2N5O5/c33-21-3-1-20(2-4-21)23-17-35-18-25(31(23)40)32(41)38-22-5-6-29(26(34)15-22)44-28-7-8-36-27-16-30(37-19-24(27)28)43-14-11-39-9-12-42-13-10-39/h1-3,6-8,15-19,21-22H,4-5,9-14H2,(H,35,40)(H,38,41). The summed E-state index contributed by atoms with van der Waals surface area (Å²) in [5, 5.41) is 3.27. The number of carbonyl (C=O) groups is 1. The third-order valence-corrected chi connectivity index (χ3v) is 7.55. The fourth-order valence-electron chi connectivity index (χ4n) is 5.15. The third kappa shape index (κ3) is 6.76. The monoisotopic (exact) mass is 603 g/mol. The Morgan fingerprint density at radius 3 is 2.84 bits per heavy atom. The van der Waals surface area contributed by atoms with Gasteiger partial charge in [-0.2, -0.15) is 0 Å². The first-order valence-electron chi connectivity index (χ1n) is 14.4. The number of nitrogens with zero attached hydrogens (tertiary/aromatic N) is 3. The number of amides is 1. The Bertz CT molecular complexity index is 1730. The number of fused-ring (bicyclic) bond motifs is 1. The summed E-state index contributed by atoms with van der Waals surface area (Å²) in [7, 11) is 0. The molecule has 0 radical (unpaired) electrons. The van der Waals surface area contributed by atoms with E-state index in [1.807, 2.05) is 0 Å². The lowest BCUT2D eigenvalue weighted by Crippen LogP contribution is -2.38. The van der Waals surface area contributed by atoms with E-state index >= 15 is 4.39 Å². The highest BCUT2D eigenvalue weighted by molar-refractivity contribution is 5.95. The second-order valence-electron chi connectivity index (χ2n) is 10.5. The molecule has 2 atom stereocenters. The number of alkyl halides is 1. The summed E-state index contributed by atoms with van der Waals surface area (Å²) >= 11 is 0. The lowest BCUT2D eigenvalue weighted by Gasteiger charge is -2.26. The second kappa shape index (κ2) is 13.3. The number of ether oxygens (including phenoxy) is 3. The number of nitrogens with one attached hydrogen (secondary N) is 2. The van der Waals surface area contributed by atoms with Gasteiger partial charge in [0, 0.05) is 62.5 Å². The number of aromatic nitrogens is 3. The van der Waals surface area contributed by atoms with E-state index in [4.69, 9.17) is 14.2 Å². The van der Waals surface area contributed by atoms with Crippen molar-refractivity contribution in [3.05, 3.63) is 100 Å². The fourth-order valence-corrected chi connectivity index (χ4v) is 5.15. The van der Waals surface area contributed by atoms with Gasteiger partial charge in [-0.3, -0.25) is 19.5 Å². The number of allylic oxidation sites excluding steroid dienone is 5. The van der Waals surface area contributed by atoms with Crippen LogP contribution < -0.4 is 20.2 Å². The number of carbonyl (C=O) groups excluding carboxylic acids is 1. The smallest absolute Gasteiger partial charge is 0.257 e. The zero-order valence-corrected chi connectivity index (χ0v) is 23.8. The number of pyridine rings is 3. The summed E-state index contributed by atoms with van der Waals surface area (Å²) in [5.74, 6) is -0.521. The van der Waals surface area contributed by atoms with Gasteiger partial charge < -0.3 is 24.5 Å². The van der Waals surface area contributed by atoms with Crippen LogP contribution >= 0.6 is 0 Å². The molecule has 0 spiro atoms. The van der Waals surface area contributed by atoms with E-state index in [-0.39, 0.29) is 29.7 Å². The molecule has 3 aliphatic rings. The normalized spacial score (nSPS) is 20.5. The molecule has 2 aliphatic carbocycles. The molecule has 0 bridgehead atoms. The number of aromatic amines is 1. The predicted octanol–water partition coefficient (Wildman–Crippen LogP) is 4.03. The first-order valence-corrected chi connectivity index (χ1v) is 14.4. The average molecular weight is 604 g/mol. The van der Waals surface area contributed by atoms with Gasteiger partial charge in [-0.15, -0.1) is 0 Å². The highest BCUT2D eigenvalue weighted by Gasteiger charge is 2.23. The first kappa shape index (κ1) is 29.4. The van der Waals surface area contributed by atoms with Crippen molar-refractivity contribution in [2.24, 2.45) is 0 Å². The number of hydrogen-bond acceptors (Lipinski definition) is 8. The zero-order valence-electron chi connectivity index (χ0n) is 23.8. The Morgan fingerprint density at radius 1 is 1.18 bits per heavy atom. The summed E-state index contributed by atoms with van der Waals surface area (Å²) in [5.41, 5.74) is 0.751. The molecule has 4 heterocycles. The highest BCUT2D eigenvalue weighted by atomic mass is 19.1.